The lowest BCUT2D eigenvalue weighted by molar-refractivity contribution is -0.181. The second kappa shape index (κ2) is 9.26. The van der Waals surface area contributed by atoms with E-state index in [1.807, 2.05) is 13.8 Å². The normalized spacial score (nSPS) is 22.4. The summed E-state index contributed by atoms with van der Waals surface area (Å²) in [5.74, 6) is 0.828. The van der Waals surface area contributed by atoms with Crippen molar-refractivity contribution < 1.29 is 17.9 Å². The van der Waals surface area contributed by atoms with E-state index >= 15 is 0 Å². The molecule has 1 aliphatic carbocycles. The first-order valence-electron chi connectivity index (χ1n) is 9.73. The van der Waals surface area contributed by atoms with E-state index < -0.39 is 12.2 Å². The van der Waals surface area contributed by atoms with Gasteiger partial charge in [-0.05, 0) is 45.4 Å². The van der Waals surface area contributed by atoms with Gasteiger partial charge in [0.1, 0.15) is 6.04 Å². The summed E-state index contributed by atoms with van der Waals surface area (Å²) in [6.07, 6.45) is -0.778. The molecule has 1 aliphatic heterocycles. The standard InChI is InChI=1S/C18H33F3N4O/c1-4-22-16(23-14-17(6-7-17)8-13-26-5-2)25-11-9-24(10-12-25)15(3)18(19,20)21/h15H,4-14H2,1-3H3,(H,22,23). The average molecular weight is 378 g/mol. The van der Waals surface area contributed by atoms with E-state index in [0.717, 1.165) is 38.7 Å². The van der Waals surface area contributed by atoms with Crippen LogP contribution < -0.4 is 5.32 Å². The van der Waals surface area contributed by atoms with Crippen molar-refractivity contribution >= 4 is 5.96 Å². The van der Waals surface area contributed by atoms with Crippen molar-refractivity contribution in [2.45, 2.75) is 52.3 Å². The zero-order valence-corrected chi connectivity index (χ0v) is 16.2. The number of alkyl halides is 3. The Kier molecular flexibility index (Phi) is 7.58. The van der Waals surface area contributed by atoms with Gasteiger partial charge in [-0.2, -0.15) is 13.2 Å². The number of hydrogen-bond acceptors (Lipinski definition) is 3. The van der Waals surface area contributed by atoms with Crippen LogP contribution in [-0.2, 0) is 4.74 Å². The van der Waals surface area contributed by atoms with E-state index in [1.165, 1.54) is 24.7 Å². The average Bonchev–Trinajstić information content (AvgIpc) is 3.38. The first-order chi connectivity index (χ1) is 12.3. The van der Waals surface area contributed by atoms with Gasteiger partial charge in [-0.15, -0.1) is 0 Å². The summed E-state index contributed by atoms with van der Waals surface area (Å²) < 4.78 is 44.2. The Hall–Kier alpha value is -1.02. The summed E-state index contributed by atoms with van der Waals surface area (Å²) in [5, 5.41) is 3.30. The van der Waals surface area contributed by atoms with Gasteiger partial charge in [-0.25, -0.2) is 0 Å². The molecule has 1 saturated heterocycles. The number of halogens is 3. The molecule has 0 aromatic heterocycles. The van der Waals surface area contributed by atoms with E-state index in [4.69, 9.17) is 9.73 Å². The topological polar surface area (TPSA) is 40.1 Å². The minimum atomic E-state index is -4.17. The highest BCUT2D eigenvalue weighted by Gasteiger charge is 2.43. The monoisotopic (exact) mass is 378 g/mol. The van der Waals surface area contributed by atoms with Crippen LogP contribution in [0.15, 0.2) is 4.99 Å². The SMILES string of the molecule is CCNC(=NCC1(CCOCC)CC1)N1CCN(C(C)C(F)(F)F)CC1. The largest absolute Gasteiger partial charge is 0.403 e. The van der Waals surface area contributed by atoms with Gasteiger partial charge in [0.25, 0.3) is 0 Å². The molecular weight excluding hydrogens is 345 g/mol. The van der Waals surface area contributed by atoms with Crippen LogP contribution in [0.25, 0.3) is 0 Å². The van der Waals surface area contributed by atoms with Crippen LogP contribution in [0, 0.1) is 5.41 Å². The molecule has 1 N–H and O–H groups in total. The van der Waals surface area contributed by atoms with Gasteiger partial charge in [0, 0.05) is 52.5 Å². The smallest absolute Gasteiger partial charge is 0.382 e. The number of ether oxygens (including phenoxy) is 1. The molecule has 1 unspecified atom stereocenters. The molecule has 5 nitrogen and oxygen atoms in total. The highest BCUT2D eigenvalue weighted by atomic mass is 19.4. The molecule has 0 aromatic rings. The van der Waals surface area contributed by atoms with Gasteiger partial charge < -0.3 is 15.0 Å². The molecular formula is C18H33F3N4O. The second-order valence-electron chi connectivity index (χ2n) is 7.36. The van der Waals surface area contributed by atoms with Crippen LogP contribution in [0.1, 0.15) is 40.0 Å². The third-order valence-corrected chi connectivity index (χ3v) is 5.47. The highest BCUT2D eigenvalue weighted by molar-refractivity contribution is 5.80. The number of nitrogens with one attached hydrogen (secondary N) is 1. The van der Waals surface area contributed by atoms with Gasteiger partial charge in [-0.1, -0.05) is 0 Å². The number of aliphatic imine (C=N–C) groups is 1. The molecule has 0 spiro atoms. The van der Waals surface area contributed by atoms with Crippen LogP contribution in [0.3, 0.4) is 0 Å². The number of nitrogens with zero attached hydrogens (tertiary/aromatic N) is 3. The summed E-state index contributed by atoms with van der Waals surface area (Å²) >= 11 is 0. The van der Waals surface area contributed by atoms with Crippen molar-refractivity contribution in [2.75, 3.05) is 52.5 Å². The predicted molar refractivity (Wildman–Crippen MR) is 97.4 cm³/mol. The number of hydrogen-bond donors (Lipinski definition) is 1. The fraction of sp³-hybridized carbons (Fsp3) is 0.944. The lowest BCUT2D eigenvalue weighted by atomic mass is 10.0. The summed E-state index contributed by atoms with van der Waals surface area (Å²) in [6.45, 7) is 10.2. The summed E-state index contributed by atoms with van der Waals surface area (Å²) in [5.41, 5.74) is 0.266. The minimum absolute atomic E-state index is 0.266. The zero-order valence-electron chi connectivity index (χ0n) is 16.2. The number of piperazine rings is 1. The Bertz CT molecular complexity index is 458. The Morgan fingerprint density at radius 1 is 1.19 bits per heavy atom. The van der Waals surface area contributed by atoms with Crippen LogP contribution in [-0.4, -0.2) is 80.5 Å². The van der Waals surface area contributed by atoms with E-state index in [0.29, 0.717) is 26.2 Å². The van der Waals surface area contributed by atoms with Crippen molar-refractivity contribution in [3.05, 3.63) is 0 Å². The van der Waals surface area contributed by atoms with Crippen molar-refractivity contribution in [3.63, 3.8) is 0 Å². The third-order valence-electron chi connectivity index (χ3n) is 5.47. The molecule has 0 aromatic carbocycles. The van der Waals surface area contributed by atoms with E-state index in [-0.39, 0.29) is 5.41 Å². The van der Waals surface area contributed by atoms with Crippen LogP contribution >= 0.6 is 0 Å². The highest BCUT2D eigenvalue weighted by Crippen LogP contribution is 2.49. The van der Waals surface area contributed by atoms with E-state index in [2.05, 4.69) is 10.2 Å². The number of rotatable bonds is 8. The van der Waals surface area contributed by atoms with Gasteiger partial charge in [0.05, 0.1) is 0 Å². The molecule has 1 saturated carbocycles. The van der Waals surface area contributed by atoms with Gasteiger partial charge >= 0.3 is 6.18 Å². The van der Waals surface area contributed by atoms with Gasteiger partial charge in [0.2, 0.25) is 0 Å². The summed E-state index contributed by atoms with van der Waals surface area (Å²) in [6, 6.07) is -1.39. The second-order valence-corrected chi connectivity index (χ2v) is 7.36. The van der Waals surface area contributed by atoms with Crippen molar-refractivity contribution in [2.24, 2.45) is 10.4 Å². The molecule has 1 atom stereocenters. The summed E-state index contributed by atoms with van der Waals surface area (Å²) in [7, 11) is 0. The lowest BCUT2D eigenvalue weighted by Gasteiger charge is -2.39. The Labute approximate surface area is 155 Å². The fourth-order valence-electron chi connectivity index (χ4n) is 3.29. The Morgan fingerprint density at radius 3 is 2.35 bits per heavy atom. The fourth-order valence-corrected chi connectivity index (χ4v) is 3.29. The predicted octanol–water partition coefficient (Wildman–Crippen LogP) is 2.73. The van der Waals surface area contributed by atoms with Crippen molar-refractivity contribution in [1.82, 2.24) is 15.1 Å². The molecule has 152 valence electrons. The van der Waals surface area contributed by atoms with Crippen molar-refractivity contribution in [3.8, 4) is 0 Å². The third kappa shape index (κ3) is 6.01. The van der Waals surface area contributed by atoms with Crippen molar-refractivity contribution in [1.29, 1.82) is 0 Å². The van der Waals surface area contributed by atoms with Crippen LogP contribution in [0.2, 0.25) is 0 Å². The van der Waals surface area contributed by atoms with Crippen LogP contribution in [0.4, 0.5) is 13.2 Å². The molecule has 0 amide bonds. The molecule has 8 heteroatoms. The maximum atomic E-state index is 12.9. The maximum absolute atomic E-state index is 12.9. The minimum Gasteiger partial charge on any atom is -0.382 e. The Balaban J connectivity index is 1.88. The number of guanidine groups is 1. The first kappa shape index (κ1) is 21.3. The molecule has 0 radical (unpaired) electrons. The molecule has 0 bridgehead atoms. The molecule has 2 fully saturated rings. The Morgan fingerprint density at radius 2 is 1.85 bits per heavy atom. The molecule has 2 aliphatic rings. The molecule has 1 heterocycles. The van der Waals surface area contributed by atoms with Gasteiger partial charge in [-0.3, -0.25) is 9.89 Å². The van der Waals surface area contributed by atoms with Crippen LogP contribution in [0.5, 0.6) is 0 Å². The first-order valence-corrected chi connectivity index (χ1v) is 9.73. The lowest BCUT2D eigenvalue weighted by Crippen LogP contribution is -2.56. The van der Waals surface area contributed by atoms with E-state index in [9.17, 15) is 13.2 Å². The van der Waals surface area contributed by atoms with Gasteiger partial charge in [0.15, 0.2) is 5.96 Å². The van der Waals surface area contributed by atoms with E-state index in [1.54, 1.807) is 0 Å². The quantitative estimate of drug-likeness (QED) is 0.401. The zero-order chi connectivity index (χ0) is 19.2. The maximum Gasteiger partial charge on any atom is 0.403 e. The molecule has 26 heavy (non-hydrogen) atoms. The molecule has 2 rings (SSSR count). The summed E-state index contributed by atoms with van der Waals surface area (Å²) in [4.78, 5) is 8.39.